The molecule has 0 aliphatic carbocycles. The number of nitrogens with zero attached hydrogens (tertiary/aromatic N) is 1. The van der Waals surface area contributed by atoms with Crippen molar-refractivity contribution in [1.82, 2.24) is 4.98 Å². The van der Waals surface area contributed by atoms with Crippen molar-refractivity contribution in [2.45, 2.75) is 32.1 Å². The van der Waals surface area contributed by atoms with Crippen LogP contribution in [0.1, 0.15) is 31.5 Å². The van der Waals surface area contributed by atoms with Crippen LogP contribution in [0.2, 0.25) is 0 Å². The van der Waals surface area contributed by atoms with E-state index in [4.69, 9.17) is 0 Å². The second-order valence-corrected chi connectivity index (χ2v) is 4.78. The van der Waals surface area contributed by atoms with Crippen LogP contribution in [0, 0.1) is 0 Å². The topological polar surface area (TPSA) is 45.2 Å². The number of aliphatic hydroxyl groups is 1. The van der Waals surface area contributed by atoms with Crippen LogP contribution in [-0.4, -0.2) is 23.2 Å². The number of aromatic nitrogens is 1. The van der Waals surface area contributed by atoms with Crippen LogP contribution in [0.3, 0.4) is 0 Å². The zero-order valence-corrected chi connectivity index (χ0v) is 10.6. The molecule has 0 bridgehead atoms. The third-order valence-electron chi connectivity index (χ3n) is 2.98. The molecule has 0 fully saturated rings. The molecular formula is C12H19ClN2O. The third kappa shape index (κ3) is 2.47. The Kier molecular flexibility index (Phi) is 4.16. The van der Waals surface area contributed by atoms with E-state index in [9.17, 15) is 5.11 Å². The Hall–Kier alpha value is -0.800. The van der Waals surface area contributed by atoms with Crippen LogP contribution < -0.4 is 5.32 Å². The highest BCUT2D eigenvalue weighted by molar-refractivity contribution is 5.85. The van der Waals surface area contributed by atoms with E-state index in [0.29, 0.717) is 0 Å². The van der Waals surface area contributed by atoms with Crippen LogP contribution in [0.5, 0.6) is 0 Å². The Morgan fingerprint density at radius 3 is 2.88 bits per heavy atom. The second kappa shape index (κ2) is 5.02. The van der Waals surface area contributed by atoms with Crippen LogP contribution in [-0.2, 0) is 11.8 Å². The molecule has 0 amide bonds. The fraction of sp³-hybridized carbons (Fsp3) is 0.583. The van der Waals surface area contributed by atoms with Gasteiger partial charge in [-0.1, -0.05) is 19.9 Å². The van der Waals surface area contributed by atoms with Crippen molar-refractivity contribution in [2.75, 3.05) is 18.5 Å². The van der Waals surface area contributed by atoms with Gasteiger partial charge >= 0.3 is 0 Å². The van der Waals surface area contributed by atoms with Gasteiger partial charge < -0.3 is 10.4 Å². The minimum absolute atomic E-state index is 0. The molecule has 1 aromatic heterocycles. The number of aliphatic hydroxyl groups excluding tert-OH is 1. The van der Waals surface area contributed by atoms with Crippen molar-refractivity contribution in [1.29, 1.82) is 0 Å². The van der Waals surface area contributed by atoms with E-state index in [0.717, 1.165) is 24.5 Å². The third-order valence-corrected chi connectivity index (χ3v) is 2.98. The molecule has 0 radical (unpaired) electrons. The number of anilines is 1. The van der Waals surface area contributed by atoms with Crippen LogP contribution in [0.4, 0.5) is 5.82 Å². The summed E-state index contributed by atoms with van der Waals surface area (Å²) in [4.78, 5) is 4.58. The quantitative estimate of drug-likeness (QED) is 0.835. The first-order chi connectivity index (χ1) is 7.13. The summed E-state index contributed by atoms with van der Waals surface area (Å²) in [6, 6.07) is 4.16. The molecule has 2 rings (SSSR count). The molecule has 1 aliphatic heterocycles. The standard InChI is InChI=1S/C12H18N2O.ClH/c1-12(2,8-15)10-6-5-9-4-3-7-13-11(9)14-10;/h5-6,15H,3-4,7-8H2,1-2H3,(H,13,14);1H. The fourth-order valence-electron chi connectivity index (χ4n) is 1.79. The minimum atomic E-state index is -0.256. The summed E-state index contributed by atoms with van der Waals surface area (Å²) in [6.07, 6.45) is 2.28. The number of fused-ring (bicyclic) bond motifs is 1. The summed E-state index contributed by atoms with van der Waals surface area (Å²) in [6.45, 7) is 5.14. The largest absolute Gasteiger partial charge is 0.395 e. The Labute approximate surface area is 103 Å². The summed E-state index contributed by atoms with van der Waals surface area (Å²) in [5, 5.41) is 12.6. The van der Waals surface area contributed by atoms with Gasteiger partial charge in [-0.15, -0.1) is 12.4 Å². The van der Waals surface area contributed by atoms with E-state index in [2.05, 4.69) is 16.4 Å². The molecule has 0 saturated carbocycles. The van der Waals surface area contributed by atoms with Crippen molar-refractivity contribution >= 4 is 18.2 Å². The average Bonchev–Trinajstić information content (AvgIpc) is 2.28. The van der Waals surface area contributed by atoms with Crippen molar-refractivity contribution < 1.29 is 5.11 Å². The highest BCUT2D eigenvalue weighted by Crippen LogP contribution is 2.26. The molecule has 1 aliphatic rings. The highest BCUT2D eigenvalue weighted by Gasteiger charge is 2.22. The predicted molar refractivity (Wildman–Crippen MR) is 68.4 cm³/mol. The zero-order valence-electron chi connectivity index (χ0n) is 9.79. The van der Waals surface area contributed by atoms with Gasteiger partial charge in [0.2, 0.25) is 0 Å². The molecule has 0 spiro atoms. The van der Waals surface area contributed by atoms with Gasteiger partial charge in [0.05, 0.1) is 12.3 Å². The van der Waals surface area contributed by atoms with Crippen molar-refractivity contribution in [2.24, 2.45) is 0 Å². The SMILES string of the molecule is CC(C)(CO)c1ccc2c(n1)NCCC2.Cl. The maximum Gasteiger partial charge on any atom is 0.129 e. The second-order valence-electron chi connectivity index (χ2n) is 4.78. The van der Waals surface area contributed by atoms with E-state index in [1.165, 1.54) is 12.0 Å². The maximum atomic E-state index is 9.29. The number of rotatable bonds is 2. The molecule has 0 unspecified atom stereocenters. The van der Waals surface area contributed by atoms with E-state index >= 15 is 0 Å². The summed E-state index contributed by atoms with van der Waals surface area (Å²) in [7, 11) is 0. The maximum absolute atomic E-state index is 9.29. The zero-order chi connectivity index (χ0) is 10.9. The van der Waals surface area contributed by atoms with E-state index in [1.807, 2.05) is 19.9 Å². The number of halogens is 1. The van der Waals surface area contributed by atoms with Crippen molar-refractivity contribution in [3.8, 4) is 0 Å². The molecular weight excluding hydrogens is 224 g/mol. The first-order valence-electron chi connectivity index (χ1n) is 5.48. The molecule has 0 saturated heterocycles. The van der Waals surface area contributed by atoms with Crippen LogP contribution in [0.25, 0.3) is 0 Å². The average molecular weight is 243 g/mol. The molecule has 0 aromatic carbocycles. The lowest BCUT2D eigenvalue weighted by atomic mass is 9.89. The van der Waals surface area contributed by atoms with Gasteiger partial charge in [-0.05, 0) is 24.5 Å². The molecule has 2 heterocycles. The number of hydrogen-bond acceptors (Lipinski definition) is 3. The molecule has 1 aromatic rings. The van der Waals surface area contributed by atoms with Gasteiger partial charge in [0.25, 0.3) is 0 Å². The smallest absolute Gasteiger partial charge is 0.129 e. The molecule has 16 heavy (non-hydrogen) atoms. The Morgan fingerprint density at radius 1 is 1.44 bits per heavy atom. The van der Waals surface area contributed by atoms with Crippen molar-refractivity contribution in [3.05, 3.63) is 23.4 Å². The van der Waals surface area contributed by atoms with Gasteiger partial charge in [-0.25, -0.2) is 4.98 Å². The molecule has 2 N–H and O–H groups in total. The number of aryl methyl sites for hydroxylation is 1. The molecule has 3 nitrogen and oxygen atoms in total. The van der Waals surface area contributed by atoms with Crippen LogP contribution >= 0.6 is 12.4 Å². The van der Waals surface area contributed by atoms with Gasteiger partial charge in [-0.3, -0.25) is 0 Å². The Bertz CT molecular complexity index is 366. The molecule has 90 valence electrons. The van der Waals surface area contributed by atoms with Gasteiger partial charge in [-0.2, -0.15) is 0 Å². The summed E-state index contributed by atoms with van der Waals surface area (Å²) in [5.41, 5.74) is 1.99. The minimum Gasteiger partial charge on any atom is -0.395 e. The first-order valence-corrected chi connectivity index (χ1v) is 5.48. The van der Waals surface area contributed by atoms with Gasteiger partial charge in [0, 0.05) is 12.0 Å². The number of pyridine rings is 1. The van der Waals surface area contributed by atoms with E-state index in [-0.39, 0.29) is 24.4 Å². The normalized spacial score (nSPS) is 14.7. The lowest BCUT2D eigenvalue weighted by molar-refractivity contribution is 0.215. The Balaban J connectivity index is 0.00000128. The monoisotopic (exact) mass is 242 g/mol. The lowest BCUT2D eigenvalue weighted by Crippen LogP contribution is -2.25. The summed E-state index contributed by atoms with van der Waals surface area (Å²) >= 11 is 0. The van der Waals surface area contributed by atoms with Crippen LogP contribution in [0.15, 0.2) is 12.1 Å². The summed E-state index contributed by atoms with van der Waals surface area (Å²) in [5.74, 6) is 1.00. The summed E-state index contributed by atoms with van der Waals surface area (Å²) < 4.78 is 0. The van der Waals surface area contributed by atoms with Crippen molar-refractivity contribution in [3.63, 3.8) is 0 Å². The molecule has 0 atom stereocenters. The molecule has 4 heteroatoms. The number of hydrogen-bond donors (Lipinski definition) is 2. The van der Waals surface area contributed by atoms with E-state index < -0.39 is 0 Å². The lowest BCUT2D eigenvalue weighted by Gasteiger charge is -2.24. The van der Waals surface area contributed by atoms with E-state index in [1.54, 1.807) is 0 Å². The fourth-order valence-corrected chi connectivity index (χ4v) is 1.79. The van der Waals surface area contributed by atoms with Gasteiger partial charge in [0.15, 0.2) is 0 Å². The predicted octanol–water partition coefficient (Wildman–Crippen LogP) is 2.13. The highest BCUT2D eigenvalue weighted by atomic mass is 35.5. The first kappa shape index (κ1) is 13.3. The van der Waals surface area contributed by atoms with Gasteiger partial charge in [0.1, 0.15) is 5.82 Å². The Morgan fingerprint density at radius 2 is 2.19 bits per heavy atom. The number of nitrogens with one attached hydrogen (secondary N) is 1.